The number of carbonyl (C=O) groups is 2. The fourth-order valence-electron chi connectivity index (χ4n) is 0.315. The monoisotopic (exact) mass is 132 g/mol. The molecule has 0 aliphatic heterocycles. The van der Waals surface area contributed by atoms with E-state index in [-0.39, 0.29) is 6.29 Å². The van der Waals surface area contributed by atoms with Gasteiger partial charge in [0, 0.05) is 0 Å². The third kappa shape index (κ3) is 2.34. The van der Waals surface area contributed by atoms with Gasteiger partial charge in [0.25, 0.3) is 0 Å². The molecule has 0 radical (unpaired) electrons. The minimum atomic E-state index is -1.58. The van der Waals surface area contributed by atoms with E-state index in [2.05, 4.69) is 0 Å². The summed E-state index contributed by atoms with van der Waals surface area (Å²) in [4.78, 5) is 19.9. The topological polar surface area (TPSA) is 74.6 Å². The van der Waals surface area contributed by atoms with E-state index in [1.807, 2.05) is 0 Å². The van der Waals surface area contributed by atoms with E-state index < -0.39 is 18.0 Å². The zero-order chi connectivity index (χ0) is 7.44. The van der Waals surface area contributed by atoms with Crippen molar-refractivity contribution in [3.63, 3.8) is 0 Å². The van der Waals surface area contributed by atoms with Gasteiger partial charge in [-0.25, -0.2) is 0 Å². The first-order valence-corrected chi connectivity index (χ1v) is 2.41. The summed E-state index contributed by atoms with van der Waals surface area (Å²) in [5, 5.41) is 17.0. The Bertz CT molecular complexity index is 120. The molecule has 0 amide bonds. The molecule has 0 rings (SSSR count). The van der Waals surface area contributed by atoms with Crippen molar-refractivity contribution >= 4 is 12.1 Å². The minimum Gasteiger partial charge on any atom is -0.382 e. The van der Waals surface area contributed by atoms with Crippen molar-refractivity contribution in [1.29, 1.82) is 0 Å². The number of aldehydes is 1. The molecule has 0 bridgehead atoms. The van der Waals surface area contributed by atoms with Crippen LogP contribution in [0.3, 0.4) is 0 Å². The third-order valence-electron chi connectivity index (χ3n) is 0.879. The second kappa shape index (κ2) is 3.32. The molecule has 0 heterocycles. The van der Waals surface area contributed by atoms with Crippen molar-refractivity contribution in [1.82, 2.24) is 0 Å². The van der Waals surface area contributed by atoms with Crippen molar-refractivity contribution in [2.45, 2.75) is 19.1 Å². The van der Waals surface area contributed by atoms with E-state index in [9.17, 15) is 9.59 Å². The molecule has 4 heteroatoms. The van der Waals surface area contributed by atoms with Gasteiger partial charge in [0.15, 0.2) is 12.1 Å². The molecule has 0 aliphatic carbocycles. The number of Topliss-reactive ketones (excluding diaryl/α,β-unsaturated/α-hetero) is 1. The van der Waals surface area contributed by atoms with Crippen LogP contribution in [0.25, 0.3) is 0 Å². The predicted molar refractivity (Wildman–Crippen MR) is 28.8 cm³/mol. The maximum absolute atomic E-state index is 10.2. The largest absolute Gasteiger partial charge is 0.382 e. The van der Waals surface area contributed by atoms with Crippen LogP contribution in [0, 0.1) is 0 Å². The van der Waals surface area contributed by atoms with Crippen LogP contribution in [0.2, 0.25) is 0 Å². The lowest BCUT2D eigenvalue weighted by molar-refractivity contribution is -0.136. The summed E-state index contributed by atoms with van der Waals surface area (Å²) in [7, 11) is 0. The van der Waals surface area contributed by atoms with Gasteiger partial charge in [0.1, 0.15) is 12.2 Å². The Morgan fingerprint density at radius 3 is 2.11 bits per heavy atom. The Hall–Kier alpha value is -0.740. The van der Waals surface area contributed by atoms with Crippen molar-refractivity contribution in [2.24, 2.45) is 0 Å². The lowest BCUT2D eigenvalue weighted by Crippen LogP contribution is -2.33. The molecule has 2 N–H and O–H groups in total. The molecule has 52 valence electrons. The number of ketones is 1. The summed E-state index contributed by atoms with van der Waals surface area (Å²) < 4.78 is 0. The third-order valence-corrected chi connectivity index (χ3v) is 0.879. The van der Waals surface area contributed by atoms with Gasteiger partial charge in [-0.05, 0) is 6.92 Å². The van der Waals surface area contributed by atoms with Crippen molar-refractivity contribution in [3.8, 4) is 0 Å². The number of aliphatic hydroxyl groups excluding tert-OH is 2. The van der Waals surface area contributed by atoms with Gasteiger partial charge < -0.3 is 15.0 Å². The fourth-order valence-corrected chi connectivity index (χ4v) is 0.315. The molecule has 0 spiro atoms. The second-order valence-electron chi connectivity index (χ2n) is 1.68. The molecular weight excluding hydrogens is 124 g/mol. The minimum absolute atomic E-state index is 0.117. The summed E-state index contributed by atoms with van der Waals surface area (Å²) in [6.45, 7) is 1.09. The maximum Gasteiger partial charge on any atom is 0.161 e. The Balaban J connectivity index is 3.86. The number of hydrogen-bond acceptors (Lipinski definition) is 4. The first-order valence-electron chi connectivity index (χ1n) is 2.41. The van der Waals surface area contributed by atoms with Crippen molar-refractivity contribution < 1.29 is 19.8 Å². The van der Waals surface area contributed by atoms with Gasteiger partial charge in [0.2, 0.25) is 0 Å². The number of aliphatic hydroxyl groups is 2. The van der Waals surface area contributed by atoms with E-state index in [4.69, 9.17) is 10.2 Å². The Morgan fingerprint density at radius 1 is 1.56 bits per heavy atom. The number of rotatable bonds is 3. The highest BCUT2D eigenvalue weighted by atomic mass is 16.3. The van der Waals surface area contributed by atoms with Crippen LogP contribution in [0.15, 0.2) is 0 Å². The van der Waals surface area contributed by atoms with Gasteiger partial charge in [-0.15, -0.1) is 0 Å². The van der Waals surface area contributed by atoms with Crippen LogP contribution < -0.4 is 0 Å². The average molecular weight is 132 g/mol. The molecule has 0 aromatic rings. The molecule has 1 unspecified atom stereocenters. The van der Waals surface area contributed by atoms with E-state index in [0.717, 1.165) is 6.92 Å². The molecule has 0 saturated heterocycles. The van der Waals surface area contributed by atoms with Gasteiger partial charge in [-0.1, -0.05) is 0 Å². The summed E-state index contributed by atoms with van der Waals surface area (Å²) >= 11 is 0. The summed E-state index contributed by atoms with van der Waals surface area (Å²) in [6.07, 6.45) is -3.03. The van der Waals surface area contributed by atoms with Crippen LogP contribution >= 0.6 is 0 Å². The van der Waals surface area contributed by atoms with Gasteiger partial charge >= 0.3 is 0 Å². The molecule has 0 aromatic heterocycles. The standard InChI is InChI=1S/C5H8O4/c1-3(7)5(9)4(8)2-6/h2,4-5,8-9H,1H3/t4-,5?/m0/s1. The first-order chi connectivity index (χ1) is 4.09. The average Bonchev–Trinajstić information content (AvgIpc) is 1.84. The lowest BCUT2D eigenvalue weighted by atomic mass is 10.1. The highest BCUT2D eigenvalue weighted by molar-refractivity contribution is 5.84. The molecule has 9 heavy (non-hydrogen) atoms. The SMILES string of the molecule is CC(=O)C(O)[C@@H](O)C=O. The highest BCUT2D eigenvalue weighted by Gasteiger charge is 2.18. The maximum atomic E-state index is 10.2. The number of carbonyl (C=O) groups excluding carboxylic acids is 2. The molecule has 2 atom stereocenters. The molecule has 0 aromatic carbocycles. The highest BCUT2D eigenvalue weighted by Crippen LogP contribution is 1.89. The second-order valence-corrected chi connectivity index (χ2v) is 1.68. The van der Waals surface area contributed by atoms with Crippen LogP contribution in [0.4, 0.5) is 0 Å². The number of hydrogen-bond donors (Lipinski definition) is 2. The smallest absolute Gasteiger partial charge is 0.161 e. The van der Waals surface area contributed by atoms with Crippen LogP contribution in [0.5, 0.6) is 0 Å². The van der Waals surface area contributed by atoms with Gasteiger partial charge in [0.05, 0.1) is 0 Å². The van der Waals surface area contributed by atoms with E-state index >= 15 is 0 Å². The molecular formula is C5H8O4. The molecule has 0 saturated carbocycles. The first kappa shape index (κ1) is 8.26. The van der Waals surface area contributed by atoms with Crippen molar-refractivity contribution in [3.05, 3.63) is 0 Å². The Morgan fingerprint density at radius 2 is 2.00 bits per heavy atom. The summed E-state index contributed by atoms with van der Waals surface area (Å²) in [5.41, 5.74) is 0. The molecule has 0 aliphatic rings. The van der Waals surface area contributed by atoms with Gasteiger partial charge in [-0.2, -0.15) is 0 Å². The quantitative estimate of drug-likeness (QED) is 0.458. The van der Waals surface area contributed by atoms with E-state index in [1.165, 1.54) is 0 Å². The normalized spacial score (nSPS) is 16.3. The van der Waals surface area contributed by atoms with E-state index in [0.29, 0.717) is 0 Å². The zero-order valence-corrected chi connectivity index (χ0v) is 4.94. The van der Waals surface area contributed by atoms with Crippen molar-refractivity contribution in [2.75, 3.05) is 0 Å². The summed E-state index contributed by atoms with van der Waals surface area (Å²) in [6, 6.07) is 0. The Kier molecular flexibility index (Phi) is 3.05. The molecule has 0 fully saturated rings. The molecule has 4 nitrogen and oxygen atoms in total. The van der Waals surface area contributed by atoms with Crippen LogP contribution in [-0.4, -0.2) is 34.5 Å². The van der Waals surface area contributed by atoms with E-state index in [1.54, 1.807) is 0 Å². The van der Waals surface area contributed by atoms with Crippen LogP contribution in [-0.2, 0) is 9.59 Å². The fraction of sp³-hybridized carbons (Fsp3) is 0.600. The predicted octanol–water partition coefficient (Wildman–Crippen LogP) is -1.50. The van der Waals surface area contributed by atoms with Crippen LogP contribution in [0.1, 0.15) is 6.92 Å². The lowest BCUT2D eigenvalue weighted by Gasteiger charge is -2.06. The zero-order valence-electron chi connectivity index (χ0n) is 4.94. The van der Waals surface area contributed by atoms with Gasteiger partial charge in [-0.3, -0.25) is 4.79 Å². The Labute approximate surface area is 52.1 Å². The summed E-state index contributed by atoms with van der Waals surface area (Å²) in [5.74, 6) is -0.616.